The van der Waals surface area contributed by atoms with Crippen molar-refractivity contribution in [3.63, 3.8) is 0 Å². The average molecular weight is 431 g/mol. The van der Waals surface area contributed by atoms with Crippen molar-refractivity contribution in [3.05, 3.63) is 60.3 Å². The molecule has 0 N–H and O–H groups in total. The summed E-state index contributed by atoms with van der Waals surface area (Å²) >= 11 is 0. The van der Waals surface area contributed by atoms with Crippen molar-refractivity contribution in [2.45, 2.75) is 5.92 Å². The first-order valence-corrected chi connectivity index (χ1v) is 10.6. The number of hydrogen-bond acceptors (Lipinski definition) is 8. The highest BCUT2D eigenvalue weighted by Crippen LogP contribution is 2.29. The molecular weight excluding hydrogens is 406 g/mol. The Kier molecular flexibility index (Phi) is 6.78. The van der Waals surface area contributed by atoms with Crippen molar-refractivity contribution in [2.75, 3.05) is 56.3 Å². The maximum atomic E-state index is 12.7. The Labute approximate surface area is 187 Å². The van der Waals surface area contributed by atoms with E-state index in [9.17, 15) is 10.1 Å². The van der Waals surface area contributed by atoms with Crippen LogP contribution in [0.15, 0.2) is 54.6 Å². The number of aromatic nitrogens is 2. The molecule has 8 heteroatoms. The molecule has 3 aromatic rings. The highest BCUT2D eigenvalue weighted by molar-refractivity contribution is 5.85. The van der Waals surface area contributed by atoms with Crippen LogP contribution in [0, 0.1) is 11.3 Å². The summed E-state index contributed by atoms with van der Waals surface area (Å²) in [5.41, 5.74) is 2.87. The van der Waals surface area contributed by atoms with E-state index in [0.717, 1.165) is 18.6 Å². The Morgan fingerprint density at radius 1 is 0.969 bits per heavy atom. The SMILES string of the molecule is COCCOC(=O)[C@H](C#N)c1nc2ccccc2nc1N1CCN(c2ccccc2)CC1. The predicted octanol–water partition coefficient (Wildman–Crippen LogP) is 2.75. The number of rotatable bonds is 7. The summed E-state index contributed by atoms with van der Waals surface area (Å²) in [7, 11) is 1.53. The van der Waals surface area contributed by atoms with Crippen LogP contribution in [-0.4, -0.2) is 62.4 Å². The number of esters is 1. The molecule has 1 aliphatic heterocycles. The van der Waals surface area contributed by atoms with Gasteiger partial charge in [0.2, 0.25) is 0 Å². The molecule has 4 rings (SSSR count). The fourth-order valence-corrected chi connectivity index (χ4v) is 3.78. The number of piperazine rings is 1. The number of nitriles is 1. The second-order valence-electron chi connectivity index (χ2n) is 7.45. The zero-order chi connectivity index (χ0) is 22.3. The predicted molar refractivity (Wildman–Crippen MR) is 122 cm³/mol. The number of methoxy groups -OCH3 is 1. The molecule has 0 unspecified atom stereocenters. The molecular formula is C24H25N5O3. The maximum Gasteiger partial charge on any atom is 0.329 e. The lowest BCUT2D eigenvalue weighted by Gasteiger charge is -2.37. The van der Waals surface area contributed by atoms with E-state index in [1.807, 2.05) is 42.5 Å². The summed E-state index contributed by atoms with van der Waals surface area (Å²) in [6.07, 6.45) is 0. The lowest BCUT2D eigenvalue weighted by Crippen LogP contribution is -2.47. The standard InChI is InChI=1S/C24H25N5O3/c1-31-15-16-32-24(30)19(17-25)22-23(27-21-10-6-5-9-20(21)26-22)29-13-11-28(12-14-29)18-7-3-2-4-8-18/h2-10,19H,11-16H2,1H3/t19-/m1/s1. The summed E-state index contributed by atoms with van der Waals surface area (Å²) in [6.45, 7) is 3.35. The fourth-order valence-electron chi connectivity index (χ4n) is 3.78. The van der Waals surface area contributed by atoms with Crippen LogP contribution in [0.2, 0.25) is 0 Å². The number of anilines is 2. The van der Waals surface area contributed by atoms with E-state index in [2.05, 4.69) is 33.0 Å². The topological polar surface area (TPSA) is 91.6 Å². The van der Waals surface area contributed by atoms with E-state index in [1.54, 1.807) is 0 Å². The molecule has 1 atom stereocenters. The normalized spacial score (nSPS) is 14.8. The number of hydrogen-bond donors (Lipinski definition) is 0. The van der Waals surface area contributed by atoms with Crippen LogP contribution < -0.4 is 9.80 Å². The van der Waals surface area contributed by atoms with Crippen molar-refractivity contribution in [2.24, 2.45) is 0 Å². The maximum absolute atomic E-state index is 12.7. The lowest BCUT2D eigenvalue weighted by molar-refractivity contribution is -0.145. The van der Waals surface area contributed by atoms with Gasteiger partial charge in [-0.25, -0.2) is 9.97 Å². The van der Waals surface area contributed by atoms with E-state index < -0.39 is 11.9 Å². The molecule has 0 spiro atoms. The van der Waals surface area contributed by atoms with Crippen LogP contribution >= 0.6 is 0 Å². The van der Waals surface area contributed by atoms with E-state index in [4.69, 9.17) is 14.5 Å². The molecule has 164 valence electrons. The molecule has 2 aromatic carbocycles. The zero-order valence-corrected chi connectivity index (χ0v) is 18.0. The van der Waals surface area contributed by atoms with Crippen LogP contribution in [0.5, 0.6) is 0 Å². The zero-order valence-electron chi connectivity index (χ0n) is 18.0. The van der Waals surface area contributed by atoms with Crippen LogP contribution in [-0.2, 0) is 14.3 Å². The van der Waals surface area contributed by atoms with Gasteiger partial charge in [0, 0.05) is 39.0 Å². The van der Waals surface area contributed by atoms with Gasteiger partial charge in [-0.3, -0.25) is 4.79 Å². The van der Waals surface area contributed by atoms with Gasteiger partial charge in [0.15, 0.2) is 11.7 Å². The molecule has 32 heavy (non-hydrogen) atoms. The van der Waals surface area contributed by atoms with Gasteiger partial charge in [-0.2, -0.15) is 5.26 Å². The van der Waals surface area contributed by atoms with Crippen LogP contribution in [0.3, 0.4) is 0 Å². The van der Waals surface area contributed by atoms with Crippen LogP contribution in [0.25, 0.3) is 11.0 Å². The molecule has 2 heterocycles. The van der Waals surface area contributed by atoms with Crippen molar-refractivity contribution < 1.29 is 14.3 Å². The van der Waals surface area contributed by atoms with E-state index in [1.165, 1.54) is 12.8 Å². The summed E-state index contributed by atoms with van der Waals surface area (Å²) in [5.74, 6) is -1.24. The number of ether oxygens (including phenoxy) is 2. The van der Waals surface area contributed by atoms with Gasteiger partial charge in [0.1, 0.15) is 12.3 Å². The smallest absolute Gasteiger partial charge is 0.329 e. The summed E-state index contributed by atoms with van der Waals surface area (Å²) in [6, 6.07) is 19.8. The molecule has 1 saturated heterocycles. The first-order valence-electron chi connectivity index (χ1n) is 10.6. The largest absolute Gasteiger partial charge is 0.462 e. The van der Waals surface area contributed by atoms with Gasteiger partial charge in [0.05, 0.1) is 23.7 Å². The molecule has 0 aliphatic carbocycles. The van der Waals surface area contributed by atoms with E-state index in [-0.39, 0.29) is 13.2 Å². The molecule has 1 aromatic heterocycles. The van der Waals surface area contributed by atoms with Crippen molar-refractivity contribution in [1.82, 2.24) is 9.97 Å². The van der Waals surface area contributed by atoms with Crippen LogP contribution in [0.1, 0.15) is 11.6 Å². The van der Waals surface area contributed by atoms with Gasteiger partial charge < -0.3 is 19.3 Å². The number of fused-ring (bicyclic) bond motifs is 1. The molecule has 0 bridgehead atoms. The number of benzene rings is 2. The van der Waals surface area contributed by atoms with Gasteiger partial charge in [-0.15, -0.1) is 0 Å². The van der Waals surface area contributed by atoms with E-state index >= 15 is 0 Å². The van der Waals surface area contributed by atoms with Crippen molar-refractivity contribution >= 4 is 28.5 Å². The molecule has 1 aliphatic rings. The first-order chi connectivity index (χ1) is 15.7. The number of para-hydroxylation sites is 3. The van der Waals surface area contributed by atoms with Gasteiger partial charge in [-0.05, 0) is 24.3 Å². The highest BCUT2D eigenvalue weighted by Gasteiger charge is 2.31. The second-order valence-corrected chi connectivity index (χ2v) is 7.45. The summed E-state index contributed by atoms with van der Waals surface area (Å²) in [4.78, 5) is 26.6. The molecule has 1 fully saturated rings. The van der Waals surface area contributed by atoms with Crippen LogP contribution in [0.4, 0.5) is 11.5 Å². The summed E-state index contributed by atoms with van der Waals surface area (Å²) < 4.78 is 10.2. The third-order valence-corrected chi connectivity index (χ3v) is 5.45. The minimum absolute atomic E-state index is 0.0829. The minimum atomic E-state index is -1.16. The second kappa shape index (κ2) is 10.1. The monoisotopic (exact) mass is 431 g/mol. The number of carbonyl (C=O) groups excluding carboxylic acids is 1. The van der Waals surface area contributed by atoms with Gasteiger partial charge in [-0.1, -0.05) is 30.3 Å². The molecule has 0 radical (unpaired) electrons. The fraction of sp³-hybridized carbons (Fsp3) is 0.333. The van der Waals surface area contributed by atoms with Crippen molar-refractivity contribution in [1.29, 1.82) is 5.26 Å². The Morgan fingerprint density at radius 3 is 2.25 bits per heavy atom. The third kappa shape index (κ3) is 4.63. The van der Waals surface area contributed by atoms with Crippen molar-refractivity contribution in [3.8, 4) is 6.07 Å². The quantitative estimate of drug-likeness (QED) is 0.417. The Hall–Kier alpha value is -3.70. The minimum Gasteiger partial charge on any atom is -0.462 e. The number of carbonyl (C=O) groups is 1. The van der Waals surface area contributed by atoms with E-state index in [0.29, 0.717) is 30.1 Å². The average Bonchev–Trinajstić information content (AvgIpc) is 2.85. The number of nitrogens with zero attached hydrogens (tertiary/aromatic N) is 5. The first kappa shape index (κ1) is 21.5. The molecule has 0 saturated carbocycles. The Balaban J connectivity index is 1.63. The summed E-state index contributed by atoms with van der Waals surface area (Å²) in [5, 5.41) is 9.82. The van der Waals surface area contributed by atoms with Gasteiger partial charge >= 0.3 is 5.97 Å². The molecule has 8 nitrogen and oxygen atoms in total. The lowest BCUT2D eigenvalue weighted by atomic mass is 10.1. The highest BCUT2D eigenvalue weighted by atomic mass is 16.6. The Morgan fingerprint density at radius 2 is 1.59 bits per heavy atom. The van der Waals surface area contributed by atoms with Gasteiger partial charge in [0.25, 0.3) is 0 Å². The Bertz CT molecular complexity index is 1110. The molecule has 0 amide bonds. The third-order valence-electron chi connectivity index (χ3n) is 5.45.